The van der Waals surface area contributed by atoms with E-state index in [2.05, 4.69) is 15.6 Å². The predicted octanol–water partition coefficient (Wildman–Crippen LogP) is 1.38. The van der Waals surface area contributed by atoms with Crippen LogP contribution in [-0.4, -0.2) is 23.0 Å². The predicted molar refractivity (Wildman–Crippen MR) is 69.7 cm³/mol. The Bertz CT molecular complexity index is 384. The Labute approximate surface area is 102 Å². The van der Waals surface area contributed by atoms with Crippen LogP contribution in [0.5, 0.6) is 0 Å². The minimum atomic E-state index is -0.188. The van der Waals surface area contributed by atoms with E-state index >= 15 is 0 Å². The van der Waals surface area contributed by atoms with Crippen molar-refractivity contribution < 1.29 is 4.79 Å². The Kier molecular flexibility index (Phi) is 4.31. The van der Waals surface area contributed by atoms with E-state index in [1.54, 1.807) is 6.07 Å². The number of nitrogens with two attached hydrogens (primary N) is 1. The molecule has 1 aromatic heterocycles. The number of pyridine rings is 1. The van der Waals surface area contributed by atoms with E-state index in [9.17, 15) is 4.79 Å². The standard InChI is InChI=1S/C12H20N4O/c1-12(2,3)16-11(17)7-8-14-10-6-4-5-9(13)15-10/h4-6H,7-8H2,1-3H3,(H,16,17)(H3,13,14,15). The zero-order valence-corrected chi connectivity index (χ0v) is 10.6. The molecule has 4 N–H and O–H groups in total. The highest BCUT2D eigenvalue weighted by atomic mass is 16.1. The minimum Gasteiger partial charge on any atom is -0.384 e. The molecule has 0 aliphatic rings. The SMILES string of the molecule is CC(C)(C)NC(=O)CCNc1cccc(N)n1. The van der Waals surface area contributed by atoms with Crippen molar-refractivity contribution in [3.8, 4) is 0 Å². The maximum atomic E-state index is 11.5. The van der Waals surface area contributed by atoms with E-state index in [-0.39, 0.29) is 11.4 Å². The molecule has 0 spiro atoms. The first-order chi connectivity index (χ1) is 7.87. The molecule has 0 saturated heterocycles. The maximum Gasteiger partial charge on any atom is 0.222 e. The molecule has 0 aliphatic heterocycles. The topological polar surface area (TPSA) is 80.0 Å². The molecule has 1 rings (SSSR count). The second kappa shape index (κ2) is 5.52. The van der Waals surface area contributed by atoms with Crippen LogP contribution >= 0.6 is 0 Å². The van der Waals surface area contributed by atoms with Gasteiger partial charge in [0.25, 0.3) is 0 Å². The van der Waals surface area contributed by atoms with E-state index in [0.717, 1.165) is 0 Å². The zero-order chi connectivity index (χ0) is 12.9. The molecule has 0 saturated carbocycles. The van der Waals surface area contributed by atoms with Crippen molar-refractivity contribution in [2.24, 2.45) is 0 Å². The summed E-state index contributed by atoms with van der Waals surface area (Å²) in [6, 6.07) is 5.36. The van der Waals surface area contributed by atoms with Crippen LogP contribution in [-0.2, 0) is 4.79 Å². The van der Waals surface area contributed by atoms with Gasteiger partial charge in [0, 0.05) is 18.5 Å². The fourth-order valence-electron chi connectivity index (χ4n) is 1.33. The van der Waals surface area contributed by atoms with Crippen LogP contribution in [0, 0.1) is 0 Å². The Hall–Kier alpha value is -1.78. The average Bonchev–Trinajstić information content (AvgIpc) is 2.14. The summed E-state index contributed by atoms with van der Waals surface area (Å²) in [6.07, 6.45) is 0.410. The number of hydrogen-bond donors (Lipinski definition) is 3. The lowest BCUT2D eigenvalue weighted by Crippen LogP contribution is -2.41. The molecule has 0 unspecified atom stereocenters. The molecule has 0 aliphatic carbocycles. The van der Waals surface area contributed by atoms with Crippen molar-refractivity contribution in [1.29, 1.82) is 0 Å². The number of carbonyl (C=O) groups excluding carboxylic acids is 1. The summed E-state index contributed by atoms with van der Waals surface area (Å²) >= 11 is 0. The number of carbonyl (C=O) groups is 1. The van der Waals surface area contributed by atoms with Gasteiger partial charge in [0.2, 0.25) is 5.91 Å². The second-order valence-corrected chi connectivity index (χ2v) is 4.92. The van der Waals surface area contributed by atoms with Crippen molar-refractivity contribution in [3.05, 3.63) is 18.2 Å². The molecule has 1 aromatic rings. The lowest BCUT2D eigenvalue weighted by Gasteiger charge is -2.20. The fourth-order valence-corrected chi connectivity index (χ4v) is 1.33. The van der Waals surface area contributed by atoms with Crippen LogP contribution in [0.25, 0.3) is 0 Å². The molecule has 94 valence electrons. The normalized spacial score (nSPS) is 11.0. The lowest BCUT2D eigenvalue weighted by molar-refractivity contribution is -0.122. The molecular formula is C12H20N4O. The van der Waals surface area contributed by atoms with Gasteiger partial charge in [-0.05, 0) is 32.9 Å². The van der Waals surface area contributed by atoms with Crippen molar-refractivity contribution in [3.63, 3.8) is 0 Å². The molecule has 0 atom stereocenters. The quantitative estimate of drug-likeness (QED) is 0.738. The van der Waals surface area contributed by atoms with Crippen LogP contribution in [0.15, 0.2) is 18.2 Å². The van der Waals surface area contributed by atoms with Crippen LogP contribution in [0.4, 0.5) is 11.6 Å². The highest BCUT2D eigenvalue weighted by Crippen LogP contribution is 2.05. The van der Waals surface area contributed by atoms with E-state index in [4.69, 9.17) is 5.73 Å². The van der Waals surface area contributed by atoms with Gasteiger partial charge in [0.05, 0.1) is 0 Å². The van der Waals surface area contributed by atoms with Crippen LogP contribution in [0.1, 0.15) is 27.2 Å². The summed E-state index contributed by atoms with van der Waals surface area (Å²) in [5.74, 6) is 1.18. The third kappa shape index (κ3) is 5.75. The van der Waals surface area contributed by atoms with E-state index < -0.39 is 0 Å². The van der Waals surface area contributed by atoms with Crippen LogP contribution in [0.2, 0.25) is 0 Å². The molecule has 1 amide bonds. The third-order valence-electron chi connectivity index (χ3n) is 1.94. The molecule has 0 fully saturated rings. The molecule has 5 heteroatoms. The number of amides is 1. The molecular weight excluding hydrogens is 216 g/mol. The number of nitrogens with zero attached hydrogens (tertiary/aromatic N) is 1. The van der Waals surface area contributed by atoms with Crippen molar-refractivity contribution >= 4 is 17.5 Å². The smallest absolute Gasteiger partial charge is 0.222 e. The lowest BCUT2D eigenvalue weighted by atomic mass is 10.1. The number of anilines is 2. The van der Waals surface area contributed by atoms with Crippen molar-refractivity contribution in [2.45, 2.75) is 32.7 Å². The van der Waals surface area contributed by atoms with Gasteiger partial charge in [0.15, 0.2) is 0 Å². The Morgan fingerprint density at radius 3 is 2.71 bits per heavy atom. The molecule has 0 aromatic carbocycles. The van der Waals surface area contributed by atoms with Crippen molar-refractivity contribution in [1.82, 2.24) is 10.3 Å². The average molecular weight is 236 g/mol. The van der Waals surface area contributed by atoms with E-state index in [1.807, 2.05) is 32.9 Å². The number of hydrogen-bond acceptors (Lipinski definition) is 4. The van der Waals surface area contributed by atoms with Gasteiger partial charge in [-0.3, -0.25) is 4.79 Å². The van der Waals surface area contributed by atoms with Crippen LogP contribution < -0.4 is 16.4 Å². The summed E-state index contributed by atoms with van der Waals surface area (Å²) < 4.78 is 0. The molecule has 0 radical (unpaired) electrons. The number of rotatable bonds is 4. The second-order valence-electron chi connectivity index (χ2n) is 4.92. The van der Waals surface area contributed by atoms with Gasteiger partial charge < -0.3 is 16.4 Å². The van der Waals surface area contributed by atoms with E-state index in [1.165, 1.54) is 0 Å². The maximum absolute atomic E-state index is 11.5. The summed E-state index contributed by atoms with van der Waals surface area (Å²) in [5, 5.41) is 5.94. The number of nitrogen functional groups attached to an aromatic ring is 1. The fraction of sp³-hybridized carbons (Fsp3) is 0.500. The zero-order valence-electron chi connectivity index (χ0n) is 10.6. The van der Waals surface area contributed by atoms with Crippen molar-refractivity contribution in [2.75, 3.05) is 17.6 Å². The first kappa shape index (κ1) is 13.3. The summed E-state index contributed by atoms with van der Waals surface area (Å²) in [6.45, 7) is 6.41. The molecule has 17 heavy (non-hydrogen) atoms. The van der Waals surface area contributed by atoms with Crippen LogP contribution in [0.3, 0.4) is 0 Å². The highest BCUT2D eigenvalue weighted by Gasteiger charge is 2.12. The highest BCUT2D eigenvalue weighted by molar-refractivity contribution is 5.77. The van der Waals surface area contributed by atoms with Gasteiger partial charge in [0.1, 0.15) is 11.6 Å². The third-order valence-corrected chi connectivity index (χ3v) is 1.94. The number of nitrogens with one attached hydrogen (secondary N) is 2. The van der Waals surface area contributed by atoms with Gasteiger partial charge >= 0.3 is 0 Å². The summed E-state index contributed by atoms with van der Waals surface area (Å²) in [7, 11) is 0. The Balaban J connectivity index is 2.31. The van der Waals surface area contributed by atoms with E-state index in [0.29, 0.717) is 24.6 Å². The first-order valence-electron chi connectivity index (χ1n) is 5.64. The Morgan fingerprint density at radius 1 is 1.41 bits per heavy atom. The molecule has 1 heterocycles. The first-order valence-corrected chi connectivity index (χ1v) is 5.64. The number of aromatic nitrogens is 1. The van der Waals surface area contributed by atoms with Gasteiger partial charge in [-0.2, -0.15) is 0 Å². The summed E-state index contributed by atoms with van der Waals surface area (Å²) in [4.78, 5) is 15.6. The monoisotopic (exact) mass is 236 g/mol. The van der Waals surface area contributed by atoms with Gasteiger partial charge in [-0.1, -0.05) is 6.07 Å². The van der Waals surface area contributed by atoms with Gasteiger partial charge in [-0.15, -0.1) is 0 Å². The molecule has 5 nitrogen and oxygen atoms in total. The summed E-state index contributed by atoms with van der Waals surface area (Å²) in [5.41, 5.74) is 5.36. The Morgan fingerprint density at radius 2 is 2.12 bits per heavy atom. The molecule has 0 bridgehead atoms. The largest absolute Gasteiger partial charge is 0.384 e. The minimum absolute atomic E-state index is 0.0221. The van der Waals surface area contributed by atoms with Gasteiger partial charge in [-0.25, -0.2) is 4.98 Å².